The lowest BCUT2D eigenvalue weighted by Gasteiger charge is -1.99. The zero-order valence-corrected chi connectivity index (χ0v) is 10.8. The van der Waals surface area contributed by atoms with E-state index in [-0.39, 0.29) is 5.75 Å². The number of aromatic hydroxyl groups is 1. The molecule has 0 saturated heterocycles. The Morgan fingerprint density at radius 2 is 2.15 bits per heavy atom. The molecule has 0 fully saturated rings. The zero-order valence-electron chi connectivity index (χ0n) is 10.8. The van der Waals surface area contributed by atoms with Crippen molar-refractivity contribution in [3.05, 3.63) is 48.4 Å². The van der Waals surface area contributed by atoms with Crippen molar-refractivity contribution >= 4 is 12.3 Å². The van der Waals surface area contributed by atoms with E-state index in [1.807, 2.05) is 13.0 Å². The van der Waals surface area contributed by atoms with Gasteiger partial charge in [-0.15, -0.1) is 5.10 Å². The molecule has 0 saturated carbocycles. The average molecular weight is 268 g/mol. The highest BCUT2D eigenvalue weighted by molar-refractivity contribution is 5.59. The van der Waals surface area contributed by atoms with Gasteiger partial charge in [-0.05, 0) is 30.7 Å². The summed E-state index contributed by atoms with van der Waals surface area (Å²) in [5.74, 6) is 1.24. The minimum absolute atomic E-state index is 0.201. The Balaban J connectivity index is 1.86. The van der Waals surface area contributed by atoms with Crippen LogP contribution in [0.2, 0.25) is 0 Å². The number of hydrogen-bond acceptors (Lipinski definition) is 5. The Kier molecular flexibility index (Phi) is 3.04. The number of aromatic nitrogens is 4. The molecule has 1 aromatic carbocycles. The average Bonchev–Trinajstić information content (AvgIpc) is 3.07. The standard InChI is InChI=1S/C14H12N4O2/c1-10-6-11(8-12(19)7-10)14-16-9-18(17-14)4-2-13-15-3-5-20-13/h2-9,19H,1H3/b4-2-. The molecule has 0 aliphatic carbocycles. The van der Waals surface area contributed by atoms with Gasteiger partial charge in [0.25, 0.3) is 0 Å². The molecule has 20 heavy (non-hydrogen) atoms. The van der Waals surface area contributed by atoms with Gasteiger partial charge in [-0.2, -0.15) is 0 Å². The molecule has 1 N–H and O–H groups in total. The molecule has 0 atom stereocenters. The van der Waals surface area contributed by atoms with Crippen LogP contribution in [0.15, 0.2) is 41.4 Å². The molecule has 2 heterocycles. The summed E-state index contributed by atoms with van der Waals surface area (Å²) in [6, 6.07) is 5.23. The monoisotopic (exact) mass is 268 g/mol. The Bertz CT molecular complexity index is 724. The number of rotatable bonds is 3. The van der Waals surface area contributed by atoms with E-state index in [0.717, 1.165) is 11.1 Å². The van der Waals surface area contributed by atoms with Crippen LogP contribution >= 0.6 is 0 Å². The minimum Gasteiger partial charge on any atom is -0.508 e. The smallest absolute Gasteiger partial charge is 0.220 e. The van der Waals surface area contributed by atoms with Crippen molar-refractivity contribution in [3.8, 4) is 17.1 Å². The largest absolute Gasteiger partial charge is 0.508 e. The van der Waals surface area contributed by atoms with Crippen LogP contribution in [0, 0.1) is 6.92 Å². The number of benzene rings is 1. The number of phenols is 1. The van der Waals surface area contributed by atoms with Crippen molar-refractivity contribution in [1.82, 2.24) is 19.7 Å². The lowest BCUT2D eigenvalue weighted by molar-refractivity contribution is 0.475. The first-order valence-electron chi connectivity index (χ1n) is 6.00. The quantitative estimate of drug-likeness (QED) is 0.790. The molecule has 0 unspecified atom stereocenters. The van der Waals surface area contributed by atoms with Crippen LogP contribution in [0.1, 0.15) is 11.5 Å². The molecule has 6 heteroatoms. The summed E-state index contributed by atoms with van der Waals surface area (Å²) in [4.78, 5) is 8.18. The Morgan fingerprint density at radius 1 is 1.25 bits per heavy atom. The van der Waals surface area contributed by atoms with Crippen molar-refractivity contribution in [2.75, 3.05) is 0 Å². The van der Waals surface area contributed by atoms with E-state index < -0.39 is 0 Å². The van der Waals surface area contributed by atoms with Crippen LogP contribution < -0.4 is 0 Å². The van der Waals surface area contributed by atoms with Gasteiger partial charge in [0, 0.05) is 17.8 Å². The molecule has 2 aromatic heterocycles. The second kappa shape index (κ2) is 5.00. The number of phenolic OH excluding ortho intramolecular Hbond substituents is 1. The van der Waals surface area contributed by atoms with E-state index in [2.05, 4.69) is 15.1 Å². The highest BCUT2D eigenvalue weighted by Gasteiger charge is 2.05. The minimum atomic E-state index is 0.201. The fourth-order valence-corrected chi connectivity index (χ4v) is 1.83. The van der Waals surface area contributed by atoms with E-state index in [0.29, 0.717) is 11.7 Å². The maximum atomic E-state index is 9.59. The van der Waals surface area contributed by atoms with E-state index in [1.54, 1.807) is 41.6 Å². The number of hydrogen-bond donors (Lipinski definition) is 1. The summed E-state index contributed by atoms with van der Waals surface area (Å²) in [5, 5.41) is 13.9. The molecular formula is C14H12N4O2. The maximum Gasteiger partial charge on any atom is 0.220 e. The Labute approximate surface area is 115 Å². The molecule has 6 nitrogen and oxygen atoms in total. The van der Waals surface area contributed by atoms with Crippen LogP contribution in [0.5, 0.6) is 5.75 Å². The van der Waals surface area contributed by atoms with Crippen LogP contribution in [0.25, 0.3) is 23.7 Å². The molecule has 0 spiro atoms. The topological polar surface area (TPSA) is 77.0 Å². The number of nitrogens with zero attached hydrogens (tertiary/aromatic N) is 4. The van der Waals surface area contributed by atoms with E-state index >= 15 is 0 Å². The van der Waals surface area contributed by atoms with Crippen molar-refractivity contribution in [3.63, 3.8) is 0 Å². The molecule has 0 aliphatic rings. The van der Waals surface area contributed by atoms with Crippen LogP contribution in [-0.4, -0.2) is 24.9 Å². The summed E-state index contributed by atoms with van der Waals surface area (Å²) >= 11 is 0. The Hall–Kier alpha value is -2.89. The van der Waals surface area contributed by atoms with Crippen molar-refractivity contribution in [2.24, 2.45) is 0 Å². The maximum absolute atomic E-state index is 9.59. The fraction of sp³-hybridized carbons (Fsp3) is 0.0714. The molecule has 0 radical (unpaired) electrons. The van der Waals surface area contributed by atoms with Gasteiger partial charge in [0.1, 0.15) is 18.3 Å². The first-order valence-corrected chi connectivity index (χ1v) is 6.00. The summed E-state index contributed by atoms with van der Waals surface area (Å²) in [6.07, 6.45) is 8.03. The summed E-state index contributed by atoms with van der Waals surface area (Å²) in [5.41, 5.74) is 1.72. The van der Waals surface area contributed by atoms with E-state index in [9.17, 15) is 5.11 Å². The molecule has 0 bridgehead atoms. The van der Waals surface area contributed by atoms with Crippen LogP contribution in [-0.2, 0) is 0 Å². The molecule has 0 amide bonds. The fourth-order valence-electron chi connectivity index (χ4n) is 1.83. The van der Waals surface area contributed by atoms with Gasteiger partial charge in [0.05, 0.1) is 6.20 Å². The van der Waals surface area contributed by atoms with E-state index in [4.69, 9.17) is 4.42 Å². The predicted octanol–water partition coefficient (Wildman–Crippen LogP) is 2.58. The number of oxazole rings is 1. The predicted molar refractivity (Wildman–Crippen MR) is 73.6 cm³/mol. The van der Waals surface area contributed by atoms with Gasteiger partial charge in [-0.1, -0.05) is 0 Å². The second-order valence-corrected chi connectivity index (χ2v) is 4.29. The van der Waals surface area contributed by atoms with Crippen molar-refractivity contribution in [1.29, 1.82) is 0 Å². The van der Waals surface area contributed by atoms with Crippen molar-refractivity contribution < 1.29 is 9.52 Å². The lowest BCUT2D eigenvalue weighted by atomic mass is 10.1. The van der Waals surface area contributed by atoms with Gasteiger partial charge >= 0.3 is 0 Å². The first kappa shape index (κ1) is 12.2. The van der Waals surface area contributed by atoms with Crippen molar-refractivity contribution in [2.45, 2.75) is 6.92 Å². The summed E-state index contributed by atoms with van der Waals surface area (Å²) < 4.78 is 6.64. The second-order valence-electron chi connectivity index (χ2n) is 4.29. The molecule has 0 aliphatic heterocycles. The molecule has 100 valence electrons. The van der Waals surface area contributed by atoms with Crippen LogP contribution in [0.3, 0.4) is 0 Å². The third-order valence-corrected chi connectivity index (χ3v) is 2.65. The van der Waals surface area contributed by atoms with Gasteiger partial charge in [-0.3, -0.25) is 0 Å². The SMILES string of the molecule is Cc1cc(O)cc(-c2ncn(/C=C\c3ncco3)n2)c1. The lowest BCUT2D eigenvalue weighted by Crippen LogP contribution is -1.88. The molecule has 3 rings (SSSR count). The summed E-state index contributed by atoms with van der Waals surface area (Å²) in [7, 11) is 0. The first-order chi connectivity index (χ1) is 9.70. The Morgan fingerprint density at radius 3 is 2.90 bits per heavy atom. The summed E-state index contributed by atoms with van der Waals surface area (Å²) in [6.45, 7) is 1.91. The third kappa shape index (κ3) is 2.59. The molecule has 3 aromatic rings. The third-order valence-electron chi connectivity index (χ3n) is 2.65. The normalized spacial score (nSPS) is 11.2. The van der Waals surface area contributed by atoms with E-state index in [1.165, 1.54) is 6.26 Å². The highest BCUT2D eigenvalue weighted by atomic mass is 16.3. The van der Waals surface area contributed by atoms with Gasteiger partial charge < -0.3 is 9.52 Å². The van der Waals surface area contributed by atoms with Crippen LogP contribution in [0.4, 0.5) is 0 Å². The number of aryl methyl sites for hydroxylation is 1. The van der Waals surface area contributed by atoms with Gasteiger partial charge in [0.15, 0.2) is 5.82 Å². The van der Waals surface area contributed by atoms with Gasteiger partial charge in [0.2, 0.25) is 5.89 Å². The molecular weight excluding hydrogens is 256 g/mol. The zero-order chi connectivity index (χ0) is 13.9. The van der Waals surface area contributed by atoms with Gasteiger partial charge in [-0.25, -0.2) is 14.6 Å². The highest BCUT2D eigenvalue weighted by Crippen LogP contribution is 2.22.